The van der Waals surface area contributed by atoms with Crippen LogP contribution < -0.4 is 5.32 Å². The number of benzene rings is 1. The van der Waals surface area contributed by atoms with Crippen molar-refractivity contribution in [3.8, 4) is 0 Å². The standard InChI is InChI=1S/C17H16ClN5O/c1-23-16-15(21-22-23)8-12(9-19-16)17(24)20-14-6-11(7-14)10-2-4-13(18)5-3-10/h2-5,8-9,11,14H,6-7H2,1H3,(H,20,24). The van der Waals surface area contributed by atoms with Crippen molar-refractivity contribution in [2.45, 2.75) is 24.8 Å². The summed E-state index contributed by atoms with van der Waals surface area (Å²) in [6.45, 7) is 0. The van der Waals surface area contributed by atoms with Crippen LogP contribution in [0, 0.1) is 0 Å². The van der Waals surface area contributed by atoms with Crippen LogP contribution in [0.3, 0.4) is 0 Å². The Kier molecular flexibility index (Phi) is 3.69. The summed E-state index contributed by atoms with van der Waals surface area (Å²) in [6.07, 6.45) is 3.44. The smallest absolute Gasteiger partial charge is 0.253 e. The van der Waals surface area contributed by atoms with Crippen LogP contribution in [0.15, 0.2) is 36.5 Å². The Morgan fingerprint density at radius 3 is 2.79 bits per heavy atom. The van der Waals surface area contributed by atoms with E-state index in [4.69, 9.17) is 11.6 Å². The predicted octanol–water partition coefficient (Wildman–Crippen LogP) is 2.69. The zero-order chi connectivity index (χ0) is 16.7. The molecule has 2 aromatic heterocycles. The third-order valence-electron chi connectivity index (χ3n) is 4.52. The molecule has 1 aromatic carbocycles. The van der Waals surface area contributed by atoms with E-state index in [0.29, 0.717) is 22.6 Å². The van der Waals surface area contributed by atoms with Gasteiger partial charge in [0.05, 0.1) is 5.56 Å². The maximum atomic E-state index is 12.4. The topological polar surface area (TPSA) is 72.7 Å². The zero-order valence-electron chi connectivity index (χ0n) is 13.1. The molecule has 1 N–H and O–H groups in total. The Morgan fingerprint density at radius 2 is 2.04 bits per heavy atom. The van der Waals surface area contributed by atoms with Crippen LogP contribution >= 0.6 is 11.6 Å². The molecule has 2 heterocycles. The number of carbonyl (C=O) groups excluding carboxylic acids is 1. The average Bonchev–Trinajstić information content (AvgIpc) is 2.92. The molecule has 0 atom stereocenters. The predicted molar refractivity (Wildman–Crippen MR) is 91.0 cm³/mol. The molecule has 0 radical (unpaired) electrons. The first-order valence-electron chi connectivity index (χ1n) is 7.82. The van der Waals surface area contributed by atoms with E-state index in [1.807, 2.05) is 12.1 Å². The van der Waals surface area contributed by atoms with Gasteiger partial charge in [-0.2, -0.15) is 0 Å². The van der Waals surface area contributed by atoms with Gasteiger partial charge in [0.15, 0.2) is 5.65 Å². The normalized spacial score (nSPS) is 19.9. The first-order chi connectivity index (χ1) is 11.6. The fraction of sp³-hybridized carbons (Fsp3) is 0.294. The fourth-order valence-electron chi connectivity index (χ4n) is 3.06. The van der Waals surface area contributed by atoms with Crippen molar-refractivity contribution in [1.82, 2.24) is 25.3 Å². The number of nitrogens with zero attached hydrogens (tertiary/aromatic N) is 4. The van der Waals surface area contributed by atoms with E-state index in [9.17, 15) is 4.79 Å². The maximum Gasteiger partial charge on any atom is 0.253 e. The van der Waals surface area contributed by atoms with Crippen LogP contribution in [0.2, 0.25) is 5.02 Å². The van der Waals surface area contributed by atoms with Crippen molar-refractivity contribution in [2.24, 2.45) is 7.05 Å². The highest BCUT2D eigenvalue weighted by atomic mass is 35.5. The van der Waals surface area contributed by atoms with Gasteiger partial charge in [-0.25, -0.2) is 9.67 Å². The molecule has 1 amide bonds. The monoisotopic (exact) mass is 341 g/mol. The molecule has 0 unspecified atom stereocenters. The minimum Gasteiger partial charge on any atom is -0.349 e. The van der Waals surface area contributed by atoms with Gasteiger partial charge in [-0.3, -0.25) is 4.79 Å². The molecule has 4 rings (SSSR count). The van der Waals surface area contributed by atoms with Gasteiger partial charge in [0.2, 0.25) is 0 Å². The Balaban J connectivity index is 1.39. The zero-order valence-corrected chi connectivity index (χ0v) is 13.9. The van der Waals surface area contributed by atoms with E-state index in [1.165, 1.54) is 5.56 Å². The molecular weight excluding hydrogens is 326 g/mol. The lowest BCUT2D eigenvalue weighted by Crippen LogP contribution is -2.43. The fourth-order valence-corrected chi connectivity index (χ4v) is 3.19. The second-order valence-electron chi connectivity index (χ2n) is 6.17. The van der Waals surface area contributed by atoms with E-state index >= 15 is 0 Å². The molecule has 6 nitrogen and oxygen atoms in total. The number of nitrogens with one attached hydrogen (secondary N) is 1. The van der Waals surface area contributed by atoms with Crippen LogP contribution in [0.4, 0.5) is 0 Å². The summed E-state index contributed by atoms with van der Waals surface area (Å²) in [5.74, 6) is 0.364. The van der Waals surface area contributed by atoms with E-state index < -0.39 is 0 Å². The Bertz CT molecular complexity index is 899. The van der Waals surface area contributed by atoms with Crippen LogP contribution in [-0.4, -0.2) is 31.9 Å². The average molecular weight is 342 g/mol. The number of amides is 1. The van der Waals surface area contributed by atoms with Gasteiger partial charge in [0, 0.05) is 24.3 Å². The van der Waals surface area contributed by atoms with Crippen molar-refractivity contribution >= 4 is 28.7 Å². The van der Waals surface area contributed by atoms with E-state index in [1.54, 1.807) is 24.0 Å². The van der Waals surface area contributed by atoms with E-state index in [2.05, 4.69) is 32.7 Å². The highest BCUT2D eigenvalue weighted by Gasteiger charge is 2.31. The SMILES string of the molecule is Cn1nnc2cc(C(=O)NC3CC(c4ccc(Cl)cc4)C3)cnc21. The van der Waals surface area contributed by atoms with Crippen LogP contribution in [-0.2, 0) is 7.05 Å². The molecule has 0 bridgehead atoms. The molecule has 0 spiro atoms. The largest absolute Gasteiger partial charge is 0.349 e. The van der Waals surface area contributed by atoms with Crippen molar-refractivity contribution < 1.29 is 4.79 Å². The second kappa shape index (κ2) is 5.87. The molecule has 0 saturated heterocycles. The number of hydrogen-bond donors (Lipinski definition) is 1. The molecule has 1 fully saturated rings. The summed E-state index contributed by atoms with van der Waals surface area (Å²) in [5, 5.41) is 11.7. The highest BCUT2D eigenvalue weighted by Crippen LogP contribution is 2.37. The Labute approximate surface area is 143 Å². The van der Waals surface area contributed by atoms with Crippen LogP contribution in [0.5, 0.6) is 0 Å². The molecule has 7 heteroatoms. The molecule has 1 aliphatic carbocycles. The molecule has 1 aliphatic rings. The minimum absolute atomic E-state index is 0.116. The molecule has 3 aromatic rings. The highest BCUT2D eigenvalue weighted by molar-refractivity contribution is 6.30. The molecule has 24 heavy (non-hydrogen) atoms. The first-order valence-corrected chi connectivity index (χ1v) is 8.20. The summed E-state index contributed by atoms with van der Waals surface area (Å²) < 4.78 is 1.58. The summed E-state index contributed by atoms with van der Waals surface area (Å²) in [7, 11) is 1.77. The number of aryl methyl sites for hydroxylation is 1. The Hall–Kier alpha value is -2.47. The van der Waals surface area contributed by atoms with Crippen LogP contribution in [0.25, 0.3) is 11.2 Å². The number of rotatable bonds is 3. The summed E-state index contributed by atoms with van der Waals surface area (Å²) in [4.78, 5) is 16.6. The van der Waals surface area contributed by atoms with Crippen molar-refractivity contribution in [3.63, 3.8) is 0 Å². The van der Waals surface area contributed by atoms with Gasteiger partial charge < -0.3 is 5.32 Å². The number of carbonyl (C=O) groups is 1. The number of halogens is 1. The van der Waals surface area contributed by atoms with Crippen LogP contribution in [0.1, 0.15) is 34.7 Å². The van der Waals surface area contributed by atoms with Gasteiger partial charge >= 0.3 is 0 Å². The number of pyridine rings is 1. The molecule has 1 saturated carbocycles. The van der Waals surface area contributed by atoms with Gasteiger partial charge in [0.1, 0.15) is 5.52 Å². The van der Waals surface area contributed by atoms with E-state index in [-0.39, 0.29) is 11.9 Å². The number of fused-ring (bicyclic) bond motifs is 1. The summed E-state index contributed by atoms with van der Waals surface area (Å²) >= 11 is 5.91. The Morgan fingerprint density at radius 1 is 1.29 bits per heavy atom. The van der Waals surface area contributed by atoms with Gasteiger partial charge in [-0.05, 0) is 42.5 Å². The van der Waals surface area contributed by atoms with E-state index in [0.717, 1.165) is 17.9 Å². The van der Waals surface area contributed by atoms with Crippen molar-refractivity contribution in [3.05, 3.63) is 52.7 Å². The number of hydrogen-bond acceptors (Lipinski definition) is 4. The molecule has 0 aliphatic heterocycles. The third kappa shape index (κ3) is 2.73. The molecular formula is C17H16ClN5O. The number of aromatic nitrogens is 4. The van der Waals surface area contributed by atoms with Crippen molar-refractivity contribution in [1.29, 1.82) is 0 Å². The second-order valence-corrected chi connectivity index (χ2v) is 6.61. The third-order valence-corrected chi connectivity index (χ3v) is 4.77. The molecule has 122 valence electrons. The van der Waals surface area contributed by atoms with Gasteiger partial charge in [0.25, 0.3) is 5.91 Å². The summed E-state index contributed by atoms with van der Waals surface area (Å²) in [5.41, 5.74) is 3.07. The lowest BCUT2D eigenvalue weighted by atomic mass is 9.76. The van der Waals surface area contributed by atoms with Gasteiger partial charge in [-0.15, -0.1) is 5.10 Å². The first kappa shape index (κ1) is 15.1. The quantitative estimate of drug-likeness (QED) is 0.795. The van der Waals surface area contributed by atoms with Gasteiger partial charge in [-0.1, -0.05) is 28.9 Å². The lowest BCUT2D eigenvalue weighted by Gasteiger charge is -2.36. The summed E-state index contributed by atoms with van der Waals surface area (Å²) in [6, 6.07) is 9.83. The minimum atomic E-state index is -0.116. The maximum absolute atomic E-state index is 12.4. The van der Waals surface area contributed by atoms with Crippen molar-refractivity contribution in [2.75, 3.05) is 0 Å². The lowest BCUT2D eigenvalue weighted by molar-refractivity contribution is 0.0908.